The minimum atomic E-state index is -1.02. The van der Waals surface area contributed by atoms with Crippen LogP contribution in [0.1, 0.15) is 109 Å². The van der Waals surface area contributed by atoms with Gasteiger partial charge in [0, 0.05) is 152 Å². The lowest BCUT2D eigenvalue weighted by molar-refractivity contribution is 0.0686. The van der Waals surface area contributed by atoms with Crippen LogP contribution in [0.5, 0.6) is 0 Å². The van der Waals surface area contributed by atoms with Gasteiger partial charge in [0.25, 0.3) is 0 Å². The normalized spacial score (nSPS) is 11.1. The Bertz CT molecular complexity index is 6390. The molecule has 134 heavy (non-hydrogen) atoms. The van der Waals surface area contributed by atoms with E-state index in [1.54, 1.807) is 116 Å². The number of carboxylic acids is 2. The van der Waals surface area contributed by atoms with E-state index in [0.717, 1.165) is 67.8 Å². The number of aromatic carboxylic acids is 2. The van der Waals surface area contributed by atoms with Crippen molar-refractivity contribution in [1.82, 2.24) is 97.7 Å². The van der Waals surface area contributed by atoms with Gasteiger partial charge in [-0.05, 0) is 222 Å². The van der Waals surface area contributed by atoms with Crippen LogP contribution in [-0.4, -0.2) is 183 Å². The molecule has 0 saturated carbocycles. The summed E-state index contributed by atoms with van der Waals surface area (Å²) in [7, 11) is 8.03. The Balaban J connectivity index is 0.000000152. The Labute approximate surface area is 772 Å². The van der Waals surface area contributed by atoms with E-state index in [4.69, 9.17) is 9.97 Å². The molecule has 32 heteroatoms. The molecule has 0 atom stereocenters. The number of aliphatic hydroxyl groups is 2. The fraction of sp³-hybridized carbons (Fsp3) is 0.216. The summed E-state index contributed by atoms with van der Waals surface area (Å²) < 4.78 is 61.2. The zero-order valence-electron chi connectivity index (χ0n) is 74.3. The maximum absolute atomic E-state index is 13.3. The smallest absolute Gasteiger partial charge is 0.335 e. The Morgan fingerprint density at radius 3 is 0.851 bits per heavy atom. The van der Waals surface area contributed by atoms with Crippen molar-refractivity contribution in [3.63, 3.8) is 0 Å². The molecule has 12 aromatic heterocycles. The van der Waals surface area contributed by atoms with Gasteiger partial charge in [0.1, 0.15) is 59.3 Å². The average molecular weight is 1810 g/mol. The molecule has 0 aliphatic rings. The van der Waals surface area contributed by atoms with Crippen LogP contribution in [0, 0.1) is 23.3 Å². The number of aliphatic hydroxyl groups excluding tert-OH is 2. The average Bonchev–Trinajstić information content (AvgIpc) is 1.67. The minimum absolute atomic E-state index is 0.155. The molecule has 0 bridgehead atoms. The summed E-state index contributed by atoms with van der Waals surface area (Å²) in [6.07, 6.45) is 23.4. The number of benzene rings is 4. The molecule has 0 aliphatic carbocycles. The van der Waals surface area contributed by atoms with Crippen LogP contribution in [0.3, 0.4) is 0 Å². The quantitative estimate of drug-likeness (QED) is 0.0206. The largest absolute Gasteiger partial charge is 0.478 e. The number of Topliss-reactive ketones (excluding diaryl/α,β-unsaturated/α-hetero) is 2. The van der Waals surface area contributed by atoms with Gasteiger partial charge in [-0.25, -0.2) is 47.1 Å². The van der Waals surface area contributed by atoms with Crippen LogP contribution in [-0.2, 0) is 104 Å². The van der Waals surface area contributed by atoms with Crippen LogP contribution < -0.4 is 0 Å². The van der Waals surface area contributed by atoms with Gasteiger partial charge in [0.2, 0.25) is 0 Å². The summed E-state index contributed by atoms with van der Waals surface area (Å²) in [6.45, 7) is 6.40. The zero-order valence-corrected chi connectivity index (χ0v) is 74.3. The lowest BCUT2D eigenvalue weighted by Gasteiger charge is -2.18. The lowest BCUT2D eigenvalue weighted by Crippen LogP contribution is -2.20. The van der Waals surface area contributed by atoms with Crippen molar-refractivity contribution in [2.24, 2.45) is 0 Å². The van der Waals surface area contributed by atoms with Crippen molar-refractivity contribution >= 4 is 23.5 Å². The predicted octanol–water partition coefficient (Wildman–Crippen LogP) is 15.2. The molecule has 4 N–H and O–H groups in total. The van der Waals surface area contributed by atoms with Gasteiger partial charge in [-0.15, -0.1) is 0 Å². The Morgan fingerprint density at radius 2 is 0.567 bits per heavy atom. The second-order valence-corrected chi connectivity index (χ2v) is 31.9. The van der Waals surface area contributed by atoms with Crippen molar-refractivity contribution in [3.05, 3.63) is 406 Å². The lowest BCUT2D eigenvalue weighted by atomic mass is 10.1. The van der Waals surface area contributed by atoms with Crippen LogP contribution >= 0.6 is 0 Å². The molecular formula is C102H100F4N20O8. The summed E-state index contributed by atoms with van der Waals surface area (Å²) in [5, 5.41) is 37.2. The van der Waals surface area contributed by atoms with Gasteiger partial charge >= 0.3 is 11.9 Å². The van der Waals surface area contributed by atoms with Crippen molar-refractivity contribution in [3.8, 4) is 46.1 Å². The molecular weight excluding hydrogens is 1710 g/mol. The number of imidazole rings is 4. The van der Waals surface area contributed by atoms with Crippen LogP contribution in [0.25, 0.3) is 46.1 Å². The predicted molar refractivity (Wildman–Crippen MR) is 497 cm³/mol. The molecule has 0 amide bonds. The Hall–Kier alpha value is -15.3. The third kappa shape index (κ3) is 28.4. The second-order valence-electron chi connectivity index (χ2n) is 31.9. The van der Waals surface area contributed by atoms with Gasteiger partial charge in [-0.2, -0.15) is 0 Å². The minimum Gasteiger partial charge on any atom is -0.478 e. The summed E-state index contributed by atoms with van der Waals surface area (Å²) in [5.74, 6) is -1.37. The molecule has 0 saturated heterocycles. The maximum Gasteiger partial charge on any atom is 0.335 e. The number of carboxylic acid groups (broad SMARTS) is 2. The number of aryl methyl sites for hydroxylation is 6. The number of hydrogen-bond donors (Lipinski definition) is 4. The monoisotopic (exact) mass is 1810 g/mol. The maximum atomic E-state index is 13.3. The van der Waals surface area contributed by atoms with Crippen molar-refractivity contribution in [2.75, 3.05) is 41.4 Å². The summed E-state index contributed by atoms with van der Waals surface area (Å²) in [6, 6.07) is 61.5. The number of halogens is 4. The molecule has 0 unspecified atom stereocenters. The number of pyridine rings is 8. The highest BCUT2D eigenvalue weighted by Gasteiger charge is 2.23. The number of carbonyl (C=O) groups excluding carboxylic acids is 2. The third-order valence-corrected chi connectivity index (χ3v) is 21.5. The van der Waals surface area contributed by atoms with Crippen LogP contribution in [0.2, 0.25) is 0 Å². The van der Waals surface area contributed by atoms with Crippen LogP contribution in [0.15, 0.2) is 293 Å². The number of carbonyl (C=O) groups is 4. The zero-order chi connectivity index (χ0) is 94.2. The highest BCUT2D eigenvalue weighted by molar-refractivity contribution is 5.98. The first-order valence-electron chi connectivity index (χ1n) is 43.1. The summed E-state index contributed by atoms with van der Waals surface area (Å²) in [5.41, 5.74) is 14.7. The Morgan fingerprint density at radius 1 is 0.299 bits per heavy atom. The molecule has 0 fully saturated rings. The van der Waals surface area contributed by atoms with E-state index in [9.17, 15) is 57.2 Å². The number of rotatable bonds is 38. The van der Waals surface area contributed by atoms with E-state index in [2.05, 4.69) is 74.0 Å². The van der Waals surface area contributed by atoms with E-state index in [0.29, 0.717) is 161 Å². The van der Waals surface area contributed by atoms with Crippen molar-refractivity contribution in [2.45, 2.75) is 104 Å². The molecule has 12 heterocycles. The van der Waals surface area contributed by atoms with E-state index in [-0.39, 0.29) is 46.0 Å². The van der Waals surface area contributed by atoms with Gasteiger partial charge in [0.15, 0.2) is 34.9 Å². The third-order valence-electron chi connectivity index (χ3n) is 21.5. The first-order chi connectivity index (χ1) is 65.0. The SMILES string of the molecule is CN(Cc1ccccn1)Cc1cn(CCc2ccc(F)cc2)c(-c2cc(C(=O)CO)ccn2)n1.CN(Cc1ccccn1)Cc1cn(CCc2ccc(F)cc2)c(-c2cc(C(=O)O)ccn2)n1.CN(Cc1ccccn1)Cc1cnc(-c2cc(C(=O)CO)ccn2)n1CCc1ccc(F)cc1.CN(Cc1ccccn1)Cc1cnc(-c2cc(C(=O)O)ccn2)n1CCc1ccc(F)cc1. The molecule has 684 valence electrons. The van der Waals surface area contributed by atoms with Crippen molar-refractivity contribution < 1.29 is 57.2 Å². The standard InChI is InChI=1S/2C26H26FN5O2.2C25H24FN5O2/c1-31(16-22-4-2-3-11-28-22)17-23-15-30-26(24-14-20(9-12-29-24)25(34)18-33)32(23)13-10-19-5-7-21(27)8-6-19;1-31(15-22-4-2-3-11-28-22)16-23-17-32(13-10-19-5-7-21(27)8-6-19)26(30-23)24-14-20(9-12-29-24)25(34)18-33;1-30(16-21-4-2-3-11-27-21)17-22-15-29-24(23-14-19(25(32)33)9-12-28-23)31(22)13-10-18-5-7-20(26)8-6-18;1-30(15-21-4-2-3-11-27-21)16-22-17-31(13-10-18-5-7-20(26)8-6-18)24(29-22)23-14-19(25(32)33)9-12-28-23/h2-9,11-12,14-15,33H,10,13,16-18H2,1H3;2-9,11-12,14,17,33H,10,13,15-16,18H2,1H3;2-9,11-12,14-15H,10,13,16-17H2,1H3,(H,32,33);2-9,11-12,14,17H,10,13,15-16H2,1H3,(H,32,33). The van der Waals surface area contributed by atoms with Crippen LogP contribution in [0.4, 0.5) is 17.6 Å². The van der Waals surface area contributed by atoms with E-state index >= 15 is 0 Å². The highest BCUT2D eigenvalue weighted by Crippen LogP contribution is 2.28. The molecule has 4 aromatic carbocycles. The summed E-state index contributed by atoms with van der Waals surface area (Å²) >= 11 is 0. The molecule has 0 aliphatic heterocycles. The fourth-order valence-electron chi connectivity index (χ4n) is 14.8. The van der Waals surface area contributed by atoms with Gasteiger partial charge in [-0.1, -0.05) is 72.8 Å². The van der Waals surface area contributed by atoms with E-state index < -0.39 is 25.2 Å². The molecule has 16 aromatic rings. The molecule has 0 spiro atoms. The number of ketones is 2. The fourth-order valence-corrected chi connectivity index (χ4v) is 14.8. The molecule has 16 rings (SSSR count). The topological polar surface area (TPSA) is 337 Å². The van der Waals surface area contributed by atoms with Gasteiger partial charge in [-0.3, -0.25) is 69.1 Å². The first kappa shape index (κ1) is 96.2. The molecule has 28 nitrogen and oxygen atoms in total. The van der Waals surface area contributed by atoms with Crippen molar-refractivity contribution in [1.29, 1.82) is 0 Å². The second kappa shape index (κ2) is 48.0. The first-order valence-corrected chi connectivity index (χ1v) is 43.1. The number of hydrogen-bond acceptors (Lipinski definition) is 22. The van der Waals surface area contributed by atoms with Gasteiger partial charge < -0.3 is 38.7 Å². The van der Waals surface area contributed by atoms with Gasteiger partial charge in [0.05, 0.1) is 69.1 Å². The van der Waals surface area contributed by atoms with E-state index in [1.807, 2.05) is 133 Å². The number of aromatic nitrogens is 16. The molecule has 0 radical (unpaired) electrons. The highest BCUT2D eigenvalue weighted by atomic mass is 19.1. The van der Waals surface area contributed by atoms with E-state index in [1.165, 1.54) is 85.2 Å². The summed E-state index contributed by atoms with van der Waals surface area (Å²) in [4.78, 5) is 109. The number of nitrogens with zero attached hydrogens (tertiary/aromatic N) is 20. The Kier molecular flexibility index (Phi) is 34.5.